The van der Waals surface area contributed by atoms with Gasteiger partial charge in [0.15, 0.2) is 11.5 Å². The van der Waals surface area contributed by atoms with E-state index in [2.05, 4.69) is 5.32 Å². The average Bonchev–Trinajstić information content (AvgIpc) is 2.44. The number of amides is 1. The number of hydrogen-bond donors (Lipinski definition) is 3. The Hall–Kier alpha value is -2.40. The zero-order valence-electron chi connectivity index (χ0n) is 10.6. The summed E-state index contributed by atoms with van der Waals surface area (Å²) in [6.45, 7) is 0. The average molecular weight is 294 g/mol. The molecular formula is C14H12ClNO4. The lowest BCUT2D eigenvalue weighted by Crippen LogP contribution is -2.12. The van der Waals surface area contributed by atoms with E-state index in [9.17, 15) is 15.0 Å². The molecule has 0 aliphatic carbocycles. The Morgan fingerprint density at radius 2 is 1.90 bits per heavy atom. The molecule has 0 bridgehead atoms. The number of carbonyl (C=O) groups is 1. The Morgan fingerprint density at radius 3 is 2.55 bits per heavy atom. The van der Waals surface area contributed by atoms with Crippen molar-refractivity contribution in [3.05, 3.63) is 47.0 Å². The molecule has 0 saturated carbocycles. The predicted octanol–water partition coefficient (Wildman–Crippen LogP) is 3.01. The minimum atomic E-state index is -0.463. The number of hydrogen-bond acceptors (Lipinski definition) is 4. The van der Waals surface area contributed by atoms with E-state index in [1.54, 1.807) is 18.2 Å². The molecule has 6 heteroatoms. The van der Waals surface area contributed by atoms with Crippen LogP contribution in [0.25, 0.3) is 0 Å². The van der Waals surface area contributed by atoms with Crippen molar-refractivity contribution >= 4 is 23.2 Å². The van der Waals surface area contributed by atoms with Crippen molar-refractivity contribution in [2.45, 2.75) is 0 Å². The topological polar surface area (TPSA) is 78.8 Å². The lowest BCUT2D eigenvalue weighted by atomic mass is 10.2. The number of rotatable bonds is 3. The van der Waals surface area contributed by atoms with Crippen molar-refractivity contribution in [1.29, 1.82) is 0 Å². The van der Waals surface area contributed by atoms with Crippen molar-refractivity contribution < 1.29 is 19.7 Å². The molecule has 2 aromatic carbocycles. The van der Waals surface area contributed by atoms with Crippen molar-refractivity contribution in [1.82, 2.24) is 0 Å². The maximum Gasteiger partial charge on any atom is 0.255 e. The number of benzene rings is 2. The first kappa shape index (κ1) is 14.0. The van der Waals surface area contributed by atoms with E-state index in [1.807, 2.05) is 0 Å². The van der Waals surface area contributed by atoms with Gasteiger partial charge in [0.2, 0.25) is 0 Å². The van der Waals surface area contributed by atoms with E-state index < -0.39 is 5.91 Å². The third kappa shape index (κ3) is 2.95. The van der Waals surface area contributed by atoms with Gasteiger partial charge in [0.1, 0.15) is 5.75 Å². The van der Waals surface area contributed by atoms with E-state index >= 15 is 0 Å². The molecule has 0 aliphatic heterocycles. The van der Waals surface area contributed by atoms with Gasteiger partial charge in [-0.05, 0) is 30.3 Å². The van der Waals surface area contributed by atoms with E-state index in [4.69, 9.17) is 16.3 Å². The Bertz CT molecular complexity index is 658. The summed E-state index contributed by atoms with van der Waals surface area (Å²) < 4.78 is 5.05. The fourth-order valence-corrected chi connectivity index (χ4v) is 1.75. The number of aromatic hydroxyl groups is 2. The molecular weight excluding hydrogens is 282 g/mol. The molecule has 0 radical (unpaired) electrons. The second-order valence-corrected chi connectivity index (χ2v) is 4.41. The summed E-state index contributed by atoms with van der Waals surface area (Å²) in [6.07, 6.45) is 0. The fraction of sp³-hybridized carbons (Fsp3) is 0.0714. The quantitative estimate of drug-likeness (QED) is 0.760. The normalized spacial score (nSPS) is 10.1. The molecule has 0 saturated heterocycles. The highest BCUT2D eigenvalue weighted by Gasteiger charge is 2.11. The highest BCUT2D eigenvalue weighted by atomic mass is 35.5. The van der Waals surface area contributed by atoms with Crippen LogP contribution in [0.3, 0.4) is 0 Å². The van der Waals surface area contributed by atoms with Crippen molar-refractivity contribution in [2.24, 2.45) is 0 Å². The largest absolute Gasteiger partial charge is 0.504 e. The summed E-state index contributed by atoms with van der Waals surface area (Å²) >= 11 is 5.98. The van der Waals surface area contributed by atoms with Gasteiger partial charge in [-0.3, -0.25) is 4.79 Å². The number of phenolic OH excluding ortho intramolecular Hbond substituents is 2. The zero-order valence-corrected chi connectivity index (χ0v) is 11.3. The van der Waals surface area contributed by atoms with Gasteiger partial charge in [-0.1, -0.05) is 11.6 Å². The van der Waals surface area contributed by atoms with Crippen LogP contribution in [0.5, 0.6) is 17.2 Å². The molecule has 0 fully saturated rings. The van der Waals surface area contributed by atoms with Crippen LogP contribution in [-0.4, -0.2) is 23.2 Å². The van der Waals surface area contributed by atoms with Crippen LogP contribution >= 0.6 is 11.6 Å². The zero-order chi connectivity index (χ0) is 14.7. The maximum absolute atomic E-state index is 12.0. The molecule has 0 unspecified atom stereocenters. The van der Waals surface area contributed by atoms with Crippen LogP contribution in [0.15, 0.2) is 36.4 Å². The van der Waals surface area contributed by atoms with E-state index in [0.29, 0.717) is 16.5 Å². The minimum absolute atomic E-state index is 0.194. The Labute approximate surface area is 120 Å². The molecule has 0 spiro atoms. The number of carbonyl (C=O) groups excluding carboxylic acids is 1. The van der Waals surface area contributed by atoms with Gasteiger partial charge in [-0.15, -0.1) is 0 Å². The molecule has 0 aliphatic rings. The SMILES string of the molecule is COc1ccc(Cl)c(NC(=O)c2ccc(O)c(O)c2)c1. The van der Waals surface area contributed by atoms with Crippen molar-refractivity contribution in [2.75, 3.05) is 12.4 Å². The lowest BCUT2D eigenvalue weighted by Gasteiger charge is -2.09. The Morgan fingerprint density at radius 1 is 1.15 bits per heavy atom. The highest BCUT2D eigenvalue weighted by Crippen LogP contribution is 2.28. The number of phenols is 2. The molecule has 0 aromatic heterocycles. The van der Waals surface area contributed by atoms with Gasteiger partial charge in [0, 0.05) is 11.6 Å². The monoisotopic (exact) mass is 293 g/mol. The summed E-state index contributed by atoms with van der Waals surface area (Å²) in [5.41, 5.74) is 0.586. The second-order valence-electron chi connectivity index (χ2n) is 4.00. The Kier molecular flexibility index (Phi) is 4.00. The van der Waals surface area contributed by atoms with Crippen LogP contribution in [0.4, 0.5) is 5.69 Å². The molecule has 20 heavy (non-hydrogen) atoms. The first-order valence-electron chi connectivity index (χ1n) is 5.68. The summed E-state index contributed by atoms with van der Waals surface area (Å²) in [7, 11) is 1.51. The van der Waals surface area contributed by atoms with Crippen LogP contribution in [0.2, 0.25) is 5.02 Å². The third-order valence-electron chi connectivity index (χ3n) is 2.66. The standard InChI is InChI=1S/C14H12ClNO4/c1-20-9-3-4-10(15)11(7-9)16-14(19)8-2-5-12(17)13(18)6-8/h2-7,17-18H,1H3,(H,16,19). The van der Waals surface area contributed by atoms with Crippen LogP contribution in [0.1, 0.15) is 10.4 Å². The third-order valence-corrected chi connectivity index (χ3v) is 2.99. The first-order valence-corrected chi connectivity index (χ1v) is 6.06. The van der Waals surface area contributed by atoms with Crippen LogP contribution in [-0.2, 0) is 0 Å². The summed E-state index contributed by atoms with van der Waals surface area (Å²) in [5.74, 6) is -0.566. The van der Waals surface area contributed by atoms with Gasteiger partial charge >= 0.3 is 0 Å². The summed E-state index contributed by atoms with van der Waals surface area (Å²) in [4.78, 5) is 12.0. The second kappa shape index (κ2) is 5.71. The summed E-state index contributed by atoms with van der Waals surface area (Å²) in [6, 6.07) is 8.64. The fourth-order valence-electron chi connectivity index (χ4n) is 1.59. The molecule has 2 aromatic rings. The van der Waals surface area contributed by atoms with Gasteiger partial charge in [-0.2, -0.15) is 0 Å². The number of nitrogens with one attached hydrogen (secondary N) is 1. The molecule has 3 N–H and O–H groups in total. The predicted molar refractivity (Wildman–Crippen MR) is 75.7 cm³/mol. The van der Waals surface area contributed by atoms with Gasteiger partial charge in [0.05, 0.1) is 17.8 Å². The molecule has 2 rings (SSSR count). The van der Waals surface area contributed by atoms with E-state index in [1.165, 1.54) is 25.3 Å². The smallest absolute Gasteiger partial charge is 0.255 e. The number of anilines is 1. The van der Waals surface area contributed by atoms with Crippen LogP contribution < -0.4 is 10.1 Å². The van der Waals surface area contributed by atoms with Gasteiger partial charge < -0.3 is 20.3 Å². The van der Waals surface area contributed by atoms with Crippen molar-refractivity contribution in [3.8, 4) is 17.2 Å². The van der Waals surface area contributed by atoms with E-state index in [-0.39, 0.29) is 17.1 Å². The summed E-state index contributed by atoms with van der Waals surface area (Å²) in [5, 5.41) is 21.6. The molecule has 1 amide bonds. The Balaban J connectivity index is 2.25. The van der Waals surface area contributed by atoms with E-state index in [0.717, 1.165) is 0 Å². The number of ether oxygens (including phenoxy) is 1. The molecule has 5 nitrogen and oxygen atoms in total. The van der Waals surface area contributed by atoms with Gasteiger partial charge in [0.25, 0.3) is 5.91 Å². The van der Waals surface area contributed by atoms with Crippen molar-refractivity contribution in [3.63, 3.8) is 0 Å². The van der Waals surface area contributed by atoms with Gasteiger partial charge in [-0.25, -0.2) is 0 Å². The maximum atomic E-state index is 12.0. The van der Waals surface area contributed by atoms with Crippen LogP contribution in [0, 0.1) is 0 Å². The molecule has 104 valence electrons. The first-order chi connectivity index (χ1) is 9.51. The highest BCUT2D eigenvalue weighted by molar-refractivity contribution is 6.34. The minimum Gasteiger partial charge on any atom is -0.504 e. The molecule has 0 heterocycles. The molecule has 0 atom stereocenters. The lowest BCUT2D eigenvalue weighted by molar-refractivity contribution is 0.102. The number of methoxy groups -OCH3 is 1. The number of halogens is 1.